The van der Waals surface area contributed by atoms with Crippen molar-refractivity contribution in [3.63, 3.8) is 0 Å². The molecule has 39 heavy (non-hydrogen) atoms. The van der Waals surface area contributed by atoms with Crippen molar-refractivity contribution in [3.05, 3.63) is 108 Å². The van der Waals surface area contributed by atoms with Crippen LogP contribution in [-0.4, -0.2) is 29.1 Å². The zero-order valence-electron chi connectivity index (χ0n) is 22.6. The number of rotatable bonds is 9. The molecular formula is C34H38N2O3. The van der Waals surface area contributed by atoms with E-state index < -0.39 is 12.0 Å². The zero-order valence-corrected chi connectivity index (χ0v) is 22.6. The van der Waals surface area contributed by atoms with E-state index in [0.29, 0.717) is 23.5 Å². The minimum atomic E-state index is -1.02. The van der Waals surface area contributed by atoms with Gasteiger partial charge < -0.3 is 15.7 Å². The molecule has 1 fully saturated rings. The zero-order chi connectivity index (χ0) is 27.2. The van der Waals surface area contributed by atoms with Gasteiger partial charge in [0.05, 0.1) is 0 Å². The Bertz CT molecular complexity index is 1360. The molecule has 3 aromatic carbocycles. The molecule has 5 nitrogen and oxygen atoms in total. The van der Waals surface area contributed by atoms with Gasteiger partial charge >= 0.3 is 5.97 Å². The number of amides is 1. The second kappa shape index (κ2) is 12.4. The fraction of sp³-hybridized carbons (Fsp3) is 0.353. The number of hydrogen-bond donors (Lipinski definition) is 3. The van der Waals surface area contributed by atoms with Gasteiger partial charge in [0.25, 0.3) is 5.91 Å². The third-order valence-corrected chi connectivity index (χ3v) is 8.38. The van der Waals surface area contributed by atoms with Crippen LogP contribution >= 0.6 is 0 Å². The maximum Gasteiger partial charge on any atom is 0.326 e. The fourth-order valence-electron chi connectivity index (χ4n) is 6.29. The second-order valence-electron chi connectivity index (χ2n) is 11.1. The smallest absolute Gasteiger partial charge is 0.326 e. The predicted octanol–water partition coefficient (Wildman–Crippen LogP) is 6.36. The topological polar surface area (TPSA) is 78.4 Å². The lowest BCUT2D eigenvalue weighted by atomic mass is 9.74. The van der Waals surface area contributed by atoms with E-state index in [2.05, 4.69) is 66.1 Å². The molecule has 1 saturated carbocycles. The summed E-state index contributed by atoms with van der Waals surface area (Å²) >= 11 is 0. The minimum absolute atomic E-state index is 0.259. The quantitative estimate of drug-likeness (QED) is 0.305. The first-order chi connectivity index (χ1) is 19.0. The van der Waals surface area contributed by atoms with Crippen LogP contribution in [0.1, 0.15) is 56.2 Å². The summed E-state index contributed by atoms with van der Waals surface area (Å²) in [7, 11) is 0. The summed E-state index contributed by atoms with van der Waals surface area (Å²) < 4.78 is 0. The number of allylic oxidation sites excluding steroid dienone is 2. The average molecular weight is 523 g/mol. The van der Waals surface area contributed by atoms with Gasteiger partial charge in [-0.25, -0.2) is 4.79 Å². The fourth-order valence-corrected chi connectivity index (χ4v) is 6.29. The molecule has 0 bridgehead atoms. The van der Waals surface area contributed by atoms with Crippen molar-refractivity contribution in [2.75, 3.05) is 0 Å². The molecule has 5 heteroatoms. The molecule has 0 aromatic heterocycles. The lowest BCUT2D eigenvalue weighted by Gasteiger charge is -2.36. The van der Waals surface area contributed by atoms with Crippen LogP contribution in [0.2, 0.25) is 0 Å². The van der Waals surface area contributed by atoms with Crippen molar-refractivity contribution in [1.82, 2.24) is 10.6 Å². The maximum absolute atomic E-state index is 12.9. The van der Waals surface area contributed by atoms with Crippen LogP contribution in [-0.2, 0) is 16.0 Å². The van der Waals surface area contributed by atoms with Gasteiger partial charge in [-0.3, -0.25) is 4.79 Å². The van der Waals surface area contributed by atoms with Crippen LogP contribution in [0.4, 0.5) is 0 Å². The molecule has 5 rings (SSSR count). The Balaban J connectivity index is 1.16. The molecule has 0 saturated heterocycles. The summed E-state index contributed by atoms with van der Waals surface area (Å²) in [4.78, 5) is 24.7. The van der Waals surface area contributed by atoms with Crippen LogP contribution in [0.25, 0.3) is 10.8 Å². The van der Waals surface area contributed by atoms with E-state index in [4.69, 9.17) is 0 Å². The van der Waals surface area contributed by atoms with Gasteiger partial charge in [-0.15, -0.1) is 0 Å². The van der Waals surface area contributed by atoms with E-state index in [0.717, 1.165) is 18.4 Å². The minimum Gasteiger partial charge on any atom is -0.480 e. The van der Waals surface area contributed by atoms with Gasteiger partial charge in [-0.05, 0) is 66.3 Å². The lowest BCUT2D eigenvalue weighted by molar-refractivity contribution is -0.141. The highest BCUT2D eigenvalue weighted by Gasteiger charge is 2.30. The van der Waals surface area contributed by atoms with E-state index in [1.165, 1.54) is 35.6 Å². The van der Waals surface area contributed by atoms with E-state index in [1.807, 2.05) is 42.5 Å². The summed E-state index contributed by atoms with van der Waals surface area (Å²) in [6, 6.07) is 24.3. The van der Waals surface area contributed by atoms with Gasteiger partial charge in [0.15, 0.2) is 0 Å². The molecule has 0 radical (unpaired) electrons. The number of carbonyl (C=O) groups excluding carboxylic acids is 1. The molecule has 1 amide bonds. The number of carboxylic acid groups (broad SMARTS) is 1. The molecule has 0 heterocycles. The van der Waals surface area contributed by atoms with Crippen molar-refractivity contribution in [2.45, 2.75) is 63.6 Å². The number of benzene rings is 3. The van der Waals surface area contributed by atoms with Gasteiger partial charge in [-0.2, -0.15) is 0 Å². The third-order valence-electron chi connectivity index (χ3n) is 8.38. The van der Waals surface area contributed by atoms with Crippen molar-refractivity contribution < 1.29 is 14.7 Å². The summed E-state index contributed by atoms with van der Waals surface area (Å²) in [6.45, 7) is 2.27. The van der Waals surface area contributed by atoms with Crippen LogP contribution in [0.3, 0.4) is 0 Å². The molecule has 2 aliphatic rings. The molecule has 3 unspecified atom stereocenters. The normalized spacial score (nSPS) is 22.6. The molecule has 3 N–H and O–H groups in total. The number of hydrogen-bond acceptors (Lipinski definition) is 3. The van der Waals surface area contributed by atoms with Crippen molar-refractivity contribution in [2.24, 2.45) is 11.8 Å². The number of aliphatic carboxylic acids is 1. The van der Waals surface area contributed by atoms with E-state index in [-0.39, 0.29) is 18.4 Å². The third kappa shape index (κ3) is 6.66. The maximum atomic E-state index is 12.9. The first-order valence-corrected chi connectivity index (χ1v) is 14.2. The summed E-state index contributed by atoms with van der Waals surface area (Å²) in [5.41, 5.74) is 2.78. The van der Waals surface area contributed by atoms with Crippen LogP contribution in [0.5, 0.6) is 0 Å². The number of carbonyl (C=O) groups is 2. The SMILES string of the molecule is CC(NC1CCC[C@H](C2C=CC(C(=O)N[C@H](Cc3ccccc3)C(=O)O)=CC2)C1)c1cccc2ccccc12. The van der Waals surface area contributed by atoms with Crippen molar-refractivity contribution in [3.8, 4) is 0 Å². The van der Waals surface area contributed by atoms with Gasteiger partial charge in [0, 0.05) is 24.1 Å². The summed E-state index contributed by atoms with van der Waals surface area (Å²) in [5.74, 6) is -0.374. The average Bonchev–Trinajstić information content (AvgIpc) is 2.97. The Hall–Kier alpha value is -3.70. The molecule has 2 aliphatic carbocycles. The Morgan fingerprint density at radius 1 is 0.974 bits per heavy atom. The van der Waals surface area contributed by atoms with Crippen LogP contribution < -0.4 is 10.6 Å². The lowest BCUT2D eigenvalue weighted by Crippen LogP contribution is -2.43. The Labute approximate surface area is 231 Å². The molecule has 0 spiro atoms. The van der Waals surface area contributed by atoms with Gasteiger partial charge in [-0.1, -0.05) is 97.4 Å². The monoisotopic (exact) mass is 522 g/mol. The Kier molecular flexibility index (Phi) is 8.58. The summed E-state index contributed by atoms with van der Waals surface area (Å²) in [5, 5.41) is 18.9. The predicted molar refractivity (Wildman–Crippen MR) is 156 cm³/mol. The highest BCUT2D eigenvalue weighted by Crippen LogP contribution is 2.36. The van der Waals surface area contributed by atoms with E-state index in [9.17, 15) is 14.7 Å². The molecule has 202 valence electrons. The molecule has 3 aromatic rings. The van der Waals surface area contributed by atoms with E-state index in [1.54, 1.807) is 0 Å². The molecule has 0 aliphatic heterocycles. The highest BCUT2D eigenvalue weighted by molar-refractivity contribution is 5.98. The first-order valence-electron chi connectivity index (χ1n) is 14.2. The number of carboxylic acids is 1. The molecule has 5 atom stereocenters. The van der Waals surface area contributed by atoms with Crippen LogP contribution in [0, 0.1) is 11.8 Å². The number of nitrogens with one attached hydrogen (secondary N) is 2. The van der Waals surface area contributed by atoms with Crippen molar-refractivity contribution >= 4 is 22.6 Å². The Morgan fingerprint density at radius 3 is 2.51 bits per heavy atom. The molecular weight excluding hydrogens is 484 g/mol. The highest BCUT2D eigenvalue weighted by atomic mass is 16.4. The largest absolute Gasteiger partial charge is 0.480 e. The van der Waals surface area contributed by atoms with Gasteiger partial charge in [0.2, 0.25) is 0 Å². The second-order valence-corrected chi connectivity index (χ2v) is 11.1. The van der Waals surface area contributed by atoms with Gasteiger partial charge in [0.1, 0.15) is 6.04 Å². The summed E-state index contributed by atoms with van der Waals surface area (Å²) in [6.07, 6.45) is 11.8. The standard InChI is InChI=1S/C34H38N2O3/c1-23(30-16-8-12-26-11-5-6-15-31(26)30)35-29-14-7-13-28(22-29)25-17-19-27(20-18-25)33(37)36-32(34(38)39)21-24-9-3-2-4-10-24/h2-6,8-12,15-17,19-20,23,25,28-29,32,35H,7,13-14,18,21-22H2,1H3,(H,36,37)(H,38,39)/t23?,25?,28-,29?,32+/m0/s1. The van der Waals surface area contributed by atoms with Crippen molar-refractivity contribution in [1.29, 1.82) is 0 Å². The Morgan fingerprint density at radius 2 is 1.74 bits per heavy atom. The first kappa shape index (κ1) is 26.9. The van der Waals surface area contributed by atoms with Crippen LogP contribution in [0.15, 0.2) is 96.6 Å². The van der Waals surface area contributed by atoms with E-state index >= 15 is 0 Å². The number of fused-ring (bicyclic) bond motifs is 1.